The van der Waals surface area contributed by atoms with Crippen molar-refractivity contribution in [3.05, 3.63) is 65.2 Å². The summed E-state index contributed by atoms with van der Waals surface area (Å²) < 4.78 is 46.8. The van der Waals surface area contributed by atoms with E-state index >= 15 is 0 Å². The third kappa shape index (κ3) is 11.6. The predicted octanol–water partition coefficient (Wildman–Crippen LogP) is 2.09. The third-order valence-electron chi connectivity index (χ3n) is 4.58. The largest absolute Gasteiger partial charge is 0.490 e. The summed E-state index contributed by atoms with van der Waals surface area (Å²) in [7, 11) is 0. The summed E-state index contributed by atoms with van der Waals surface area (Å²) in [6.07, 6.45) is -5.08. The Labute approximate surface area is 225 Å². The topological polar surface area (TPSA) is 195 Å². The van der Waals surface area contributed by atoms with Gasteiger partial charge in [0.15, 0.2) is 12.4 Å². The Morgan fingerprint density at radius 1 is 0.950 bits per heavy atom. The van der Waals surface area contributed by atoms with E-state index in [9.17, 15) is 32.3 Å². The maximum atomic E-state index is 13.0. The third-order valence-corrected chi connectivity index (χ3v) is 4.58. The number of carboxylic acid groups (broad SMARTS) is 1. The zero-order chi connectivity index (χ0) is 30.5. The Morgan fingerprint density at radius 2 is 1.45 bits per heavy atom. The summed E-state index contributed by atoms with van der Waals surface area (Å²) in [5, 5.41) is 17.1. The van der Waals surface area contributed by atoms with Crippen LogP contribution >= 0.6 is 0 Å². The van der Waals surface area contributed by atoms with Crippen LogP contribution in [0.2, 0.25) is 0 Å². The number of rotatable bonds is 11. The van der Waals surface area contributed by atoms with E-state index in [1.807, 2.05) is 0 Å². The fourth-order valence-electron chi connectivity index (χ4n) is 2.69. The average molecular weight is 569 g/mol. The van der Waals surface area contributed by atoms with Gasteiger partial charge in [-0.1, -0.05) is 12.1 Å². The van der Waals surface area contributed by atoms with Gasteiger partial charge in [0.1, 0.15) is 24.2 Å². The van der Waals surface area contributed by atoms with Gasteiger partial charge in [0.25, 0.3) is 5.91 Å². The first-order valence-electron chi connectivity index (χ1n) is 11.3. The molecule has 0 aliphatic carbocycles. The molecular weight excluding hydrogens is 543 g/mol. The first-order valence-corrected chi connectivity index (χ1v) is 11.3. The molecule has 0 unspecified atom stereocenters. The van der Waals surface area contributed by atoms with Gasteiger partial charge in [-0.25, -0.2) is 9.59 Å². The Morgan fingerprint density at radius 3 is 1.90 bits per heavy atom. The molecule has 1 atom stereocenters. The molecule has 0 aliphatic rings. The molecular formula is C25H26F3N3O9. The summed E-state index contributed by atoms with van der Waals surface area (Å²) in [5.74, 6) is -4.71. The van der Waals surface area contributed by atoms with E-state index in [0.29, 0.717) is 11.3 Å². The van der Waals surface area contributed by atoms with Gasteiger partial charge in [0, 0.05) is 23.6 Å². The molecule has 2 aromatic rings. The molecule has 2 rings (SSSR count). The van der Waals surface area contributed by atoms with Gasteiger partial charge in [0.2, 0.25) is 0 Å². The number of nitrogens with one attached hydrogen (secondary N) is 2. The number of Topliss-reactive ketones (excluding diaryl/α,β-unsaturated/α-hetero) is 1. The van der Waals surface area contributed by atoms with Gasteiger partial charge < -0.3 is 30.4 Å². The number of hydrogen-bond acceptors (Lipinski definition) is 9. The van der Waals surface area contributed by atoms with Crippen molar-refractivity contribution < 1.29 is 56.5 Å². The van der Waals surface area contributed by atoms with Crippen molar-refractivity contribution in [2.45, 2.75) is 26.1 Å². The minimum Gasteiger partial charge on any atom is -0.482 e. The molecule has 0 fully saturated rings. The highest BCUT2D eigenvalue weighted by Gasteiger charge is 2.38. The second-order valence-corrected chi connectivity index (χ2v) is 7.60. The Hall–Kier alpha value is -4.95. The van der Waals surface area contributed by atoms with E-state index in [1.54, 1.807) is 6.92 Å². The Balaban J connectivity index is 0.00000101. The molecule has 12 nitrogen and oxygen atoms in total. The molecule has 2 aromatic carbocycles. The first-order chi connectivity index (χ1) is 18.6. The zero-order valence-corrected chi connectivity index (χ0v) is 21.2. The van der Waals surface area contributed by atoms with Crippen LogP contribution in [0.15, 0.2) is 48.5 Å². The van der Waals surface area contributed by atoms with Crippen LogP contribution in [0.5, 0.6) is 5.75 Å². The number of aliphatic carboxylic acids is 1. The number of alkyl halides is 3. The number of amides is 1. The molecule has 0 saturated carbocycles. The van der Waals surface area contributed by atoms with Crippen molar-refractivity contribution in [1.29, 1.82) is 5.41 Å². The van der Waals surface area contributed by atoms with Crippen LogP contribution in [0.3, 0.4) is 0 Å². The molecule has 0 aromatic heterocycles. The van der Waals surface area contributed by atoms with Gasteiger partial charge in [-0.3, -0.25) is 19.8 Å². The Bertz CT molecular complexity index is 1210. The molecule has 5 N–H and O–H groups in total. The highest BCUT2D eigenvalue weighted by molar-refractivity contribution is 6.05. The van der Waals surface area contributed by atoms with Gasteiger partial charge >= 0.3 is 24.1 Å². The van der Waals surface area contributed by atoms with Crippen LogP contribution in [0, 0.1) is 5.41 Å². The number of benzene rings is 2. The quantitative estimate of drug-likeness (QED) is 0.135. The lowest BCUT2D eigenvalue weighted by Crippen LogP contribution is -2.44. The molecule has 0 heterocycles. The normalized spacial score (nSPS) is 11.1. The van der Waals surface area contributed by atoms with Crippen molar-refractivity contribution >= 4 is 35.4 Å². The fourth-order valence-corrected chi connectivity index (χ4v) is 2.69. The number of halogens is 3. The molecule has 15 heteroatoms. The zero-order valence-electron chi connectivity index (χ0n) is 21.2. The van der Waals surface area contributed by atoms with Crippen molar-refractivity contribution in [3.8, 4) is 5.75 Å². The maximum Gasteiger partial charge on any atom is 0.490 e. The lowest BCUT2D eigenvalue weighted by atomic mass is 10.0. The summed E-state index contributed by atoms with van der Waals surface area (Å²) in [5.41, 5.74) is 6.33. The van der Waals surface area contributed by atoms with Crippen LogP contribution in [-0.4, -0.2) is 72.6 Å². The standard InChI is InChI=1S/C23H25N3O7.C2HF3O2/c1-3-31-20(28)13-33-18-10-8-15(9-11-18)21(29)19(12-32-14(2)27)26-23(30)17-6-4-16(5-7-17)22(24)25;3-2(4,5)1(6)7/h4-11,19H,3,12-13H2,1-2H3,(H3,24,25)(H,26,30);(H,6,7)/t19-;/m0./s1. The van der Waals surface area contributed by atoms with Crippen molar-refractivity contribution in [2.75, 3.05) is 19.8 Å². The highest BCUT2D eigenvalue weighted by Crippen LogP contribution is 2.15. The van der Waals surface area contributed by atoms with Crippen molar-refractivity contribution in [3.63, 3.8) is 0 Å². The number of ketones is 1. The summed E-state index contributed by atoms with van der Waals surface area (Å²) in [6.45, 7) is 2.50. The van der Waals surface area contributed by atoms with Gasteiger partial charge in [-0.05, 0) is 43.3 Å². The smallest absolute Gasteiger partial charge is 0.482 e. The first kappa shape index (κ1) is 33.1. The van der Waals surface area contributed by atoms with Gasteiger partial charge in [-0.2, -0.15) is 13.2 Å². The van der Waals surface area contributed by atoms with E-state index in [0.717, 1.165) is 0 Å². The van der Waals surface area contributed by atoms with Gasteiger partial charge in [0.05, 0.1) is 6.61 Å². The molecule has 1 amide bonds. The SMILES string of the molecule is CCOC(=O)COc1ccc(C(=O)[C@H](COC(C)=O)NC(=O)c2ccc(C(=N)N)cc2)cc1.O=C(O)C(F)(F)F. The number of nitrogens with two attached hydrogens (primary N) is 1. The highest BCUT2D eigenvalue weighted by atomic mass is 19.4. The molecule has 0 radical (unpaired) electrons. The Kier molecular flexibility index (Phi) is 12.8. The second kappa shape index (κ2) is 15.5. The number of hydrogen-bond donors (Lipinski definition) is 4. The van der Waals surface area contributed by atoms with E-state index < -0.39 is 41.8 Å². The maximum absolute atomic E-state index is 13.0. The monoisotopic (exact) mass is 569 g/mol. The summed E-state index contributed by atoms with van der Waals surface area (Å²) >= 11 is 0. The van der Waals surface area contributed by atoms with E-state index in [-0.39, 0.29) is 36.8 Å². The van der Waals surface area contributed by atoms with Crippen molar-refractivity contribution in [2.24, 2.45) is 5.73 Å². The number of carbonyl (C=O) groups excluding carboxylic acids is 4. The van der Waals surface area contributed by atoms with Crippen LogP contribution in [0.1, 0.15) is 40.1 Å². The van der Waals surface area contributed by atoms with Crippen LogP contribution in [-0.2, 0) is 23.9 Å². The lowest BCUT2D eigenvalue weighted by Gasteiger charge is -2.18. The summed E-state index contributed by atoms with van der Waals surface area (Å²) in [4.78, 5) is 57.1. The van der Waals surface area contributed by atoms with E-state index in [1.165, 1.54) is 55.5 Å². The molecule has 0 bridgehead atoms. The lowest BCUT2D eigenvalue weighted by molar-refractivity contribution is -0.192. The van der Waals surface area contributed by atoms with Crippen molar-refractivity contribution in [1.82, 2.24) is 5.32 Å². The van der Waals surface area contributed by atoms with Gasteiger partial charge in [-0.15, -0.1) is 0 Å². The van der Waals surface area contributed by atoms with E-state index in [2.05, 4.69) is 5.32 Å². The number of nitrogen functional groups attached to an aromatic ring is 1. The number of ether oxygens (including phenoxy) is 3. The number of esters is 2. The van der Waals surface area contributed by atoms with E-state index in [4.69, 9.17) is 35.3 Å². The average Bonchev–Trinajstić information content (AvgIpc) is 2.89. The summed E-state index contributed by atoms with van der Waals surface area (Å²) in [6, 6.07) is 10.7. The molecule has 0 spiro atoms. The van der Waals surface area contributed by atoms with Crippen LogP contribution in [0.4, 0.5) is 13.2 Å². The number of carbonyl (C=O) groups is 5. The van der Waals surface area contributed by atoms with Crippen LogP contribution in [0.25, 0.3) is 0 Å². The fraction of sp³-hybridized carbons (Fsp3) is 0.280. The number of carboxylic acids is 1. The molecule has 40 heavy (non-hydrogen) atoms. The predicted molar refractivity (Wildman–Crippen MR) is 132 cm³/mol. The minimum atomic E-state index is -5.08. The minimum absolute atomic E-state index is 0.139. The number of amidine groups is 1. The molecule has 216 valence electrons. The van der Waals surface area contributed by atoms with Crippen LogP contribution < -0.4 is 15.8 Å². The molecule has 0 saturated heterocycles. The molecule has 0 aliphatic heterocycles. The second-order valence-electron chi connectivity index (χ2n) is 7.60.